The molecule has 0 spiro atoms. The van der Waals surface area contributed by atoms with E-state index in [1.165, 1.54) is 50.5 Å². The summed E-state index contributed by atoms with van der Waals surface area (Å²) in [6.07, 6.45) is 14.2. The summed E-state index contributed by atoms with van der Waals surface area (Å²) in [4.78, 5) is 0. The Morgan fingerprint density at radius 1 is 1.29 bits per heavy atom. The van der Waals surface area contributed by atoms with E-state index < -0.39 is 0 Å². The van der Waals surface area contributed by atoms with Gasteiger partial charge in [0.15, 0.2) is 0 Å². The minimum atomic E-state index is 0.771. The Kier molecular flexibility index (Phi) is 5.11. The lowest BCUT2D eigenvalue weighted by molar-refractivity contribution is 0.354. The topological polar surface area (TPSA) is 17.0 Å². The quantitative estimate of drug-likeness (QED) is 0.739. The first-order valence-electron chi connectivity index (χ1n) is 7.27. The number of unbranched alkanes of at least 4 members (excludes halogenated alkanes) is 1. The Labute approximate surface area is 105 Å². The number of aromatic nitrogens is 1. The maximum Gasteiger partial charge on any atom is 0.0330 e. The molecule has 1 aliphatic carbocycles. The van der Waals surface area contributed by atoms with Gasteiger partial charge < -0.3 is 9.88 Å². The van der Waals surface area contributed by atoms with Gasteiger partial charge in [0.25, 0.3) is 0 Å². The molecule has 0 aromatic carbocycles. The fourth-order valence-electron chi connectivity index (χ4n) is 2.70. The first-order valence-corrected chi connectivity index (χ1v) is 7.27. The average Bonchev–Trinajstić information content (AvgIpc) is 2.85. The summed E-state index contributed by atoms with van der Waals surface area (Å²) in [7, 11) is 0. The second kappa shape index (κ2) is 6.85. The molecule has 1 saturated carbocycles. The van der Waals surface area contributed by atoms with Crippen LogP contribution in [0.2, 0.25) is 0 Å². The van der Waals surface area contributed by atoms with Crippen molar-refractivity contribution in [3.8, 4) is 0 Å². The van der Waals surface area contributed by atoms with Gasteiger partial charge in [0.1, 0.15) is 0 Å². The molecule has 2 heteroatoms. The average molecular weight is 234 g/mol. The van der Waals surface area contributed by atoms with Gasteiger partial charge in [-0.3, -0.25) is 0 Å². The van der Waals surface area contributed by atoms with Crippen LogP contribution in [0.3, 0.4) is 0 Å². The predicted molar refractivity (Wildman–Crippen MR) is 73.2 cm³/mol. The molecule has 1 fully saturated rings. The van der Waals surface area contributed by atoms with Crippen LogP contribution >= 0.6 is 0 Å². The Hall–Kier alpha value is -0.760. The van der Waals surface area contributed by atoms with Crippen LogP contribution in [0.5, 0.6) is 0 Å². The van der Waals surface area contributed by atoms with Crippen LogP contribution in [0.25, 0.3) is 0 Å². The molecular weight excluding hydrogens is 208 g/mol. The maximum atomic E-state index is 3.51. The van der Waals surface area contributed by atoms with E-state index in [1.54, 1.807) is 0 Å². The van der Waals surface area contributed by atoms with Crippen LogP contribution in [0.15, 0.2) is 18.5 Å². The molecule has 0 radical (unpaired) electrons. The van der Waals surface area contributed by atoms with Crippen molar-refractivity contribution in [2.45, 2.75) is 64.5 Å². The van der Waals surface area contributed by atoms with E-state index in [0.29, 0.717) is 0 Å². The third-order valence-corrected chi connectivity index (χ3v) is 3.81. The number of nitrogens with one attached hydrogen (secondary N) is 1. The Morgan fingerprint density at radius 3 is 2.88 bits per heavy atom. The molecule has 1 aromatic rings. The molecule has 2 nitrogen and oxygen atoms in total. The summed E-state index contributed by atoms with van der Waals surface area (Å²) < 4.78 is 2.44. The molecule has 0 bridgehead atoms. The maximum absolute atomic E-state index is 3.51. The lowest BCUT2D eigenvalue weighted by Crippen LogP contribution is -2.14. The van der Waals surface area contributed by atoms with E-state index in [-0.39, 0.29) is 0 Å². The van der Waals surface area contributed by atoms with Gasteiger partial charge in [-0.25, -0.2) is 0 Å². The normalized spacial score (nSPS) is 17.5. The van der Waals surface area contributed by atoms with Crippen molar-refractivity contribution in [3.05, 3.63) is 24.0 Å². The molecule has 0 saturated heterocycles. The third kappa shape index (κ3) is 3.88. The highest BCUT2D eigenvalue weighted by molar-refractivity contribution is 5.11. The van der Waals surface area contributed by atoms with E-state index >= 15 is 0 Å². The Morgan fingerprint density at radius 2 is 2.12 bits per heavy atom. The van der Waals surface area contributed by atoms with Crippen molar-refractivity contribution in [3.63, 3.8) is 0 Å². The molecule has 1 heterocycles. The molecule has 0 aliphatic heterocycles. The highest BCUT2D eigenvalue weighted by Gasteiger charge is 2.14. The molecule has 0 amide bonds. The summed E-state index contributed by atoms with van der Waals surface area (Å²) in [5, 5.41) is 3.51. The van der Waals surface area contributed by atoms with E-state index in [4.69, 9.17) is 0 Å². The van der Waals surface area contributed by atoms with Crippen LogP contribution in [0.4, 0.5) is 0 Å². The molecular formula is C15H26N2. The zero-order valence-corrected chi connectivity index (χ0v) is 11.1. The lowest BCUT2D eigenvalue weighted by atomic mass is 9.95. The van der Waals surface area contributed by atoms with Gasteiger partial charge in [0.05, 0.1) is 0 Å². The summed E-state index contributed by atoms with van der Waals surface area (Å²) in [5.74, 6) is 0. The first-order chi connectivity index (χ1) is 8.40. The van der Waals surface area contributed by atoms with Crippen molar-refractivity contribution in [1.29, 1.82) is 0 Å². The predicted octanol–water partition coefficient (Wildman–Crippen LogP) is 3.88. The van der Waals surface area contributed by atoms with E-state index in [1.807, 2.05) is 0 Å². The Bertz CT molecular complexity index is 310. The van der Waals surface area contributed by atoms with E-state index in [0.717, 1.165) is 19.1 Å². The van der Waals surface area contributed by atoms with Gasteiger partial charge in [-0.1, -0.05) is 32.6 Å². The summed E-state index contributed by atoms with van der Waals surface area (Å²) in [5.41, 5.74) is 1.44. The number of hydrogen-bond acceptors (Lipinski definition) is 1. The van der Waals surface area contributed by atoms with Crippen LogP contribution in [0, 0.1) is 0 Å². The van der Waals surface area contributed by atoms with Crippen molar-refractivity contribution < 1.29 is 0 Å². The standard InChI is InChI=1S/C15H26N2/c1-2-3-10-16-12-14-9-11-17(13-14)15-7-5-4-6-8-15/h9,11,13,15-16H,2-8,10,12H2,1H3. The van der Waals surface area contributed by atoms with Crippen LogP contribution in [-0.4, -0.2) is 11.1 Å². The van der Waals surface area contributed by atoms with Gasteiger partial charge in [-0.15, -0.1) is 0 Å². The summed E-state index contributed by atoms with van der Waals surface area (Å²) in [6, 6.07) is 3.04. The highest BCUT2D eigenvalue weighted by Crippen LogP contribution is 2.28. The van der Waals surface area contributed by atoms with Gasteiger partial charge in [-0.2, -0.15) is 0 Å². The molecule has 1 aliphatic rings. The summed E-state index contributed by atoms with van der Waals surface area (Å²) in [6.45, 7) is 4.41. The minimum Gasteiger partial charge on any atom is -0.351 e. The third-order valence-electron chi connectivity index (χ3n) is 3.81. The summed E-state index contributed by atoms with van der Waals surface area (Å²) >= 11 is 0. The zero-order valence-electron chi connectivity index (χ0n) is 11.1. The van der Waals surface area contributed by atoms with Gasteiger partial charge >= 0.3 is 0 Å². The van der Waals surface area contributed by atoms with Crippen molar-refractivity contribution in [2.75, 3.05) is 6.54 Å². The van der Waals surface area contributed by atoms with Crippen molar-refractivity contribution in [2.24, 2.45) is 0 Å². The van der Waals surface area contributed by atoms with Crippen molar-refractivity contribution >= 4 is 0 Å². The van der Waals surface area contributed by atoms with Gasteiger partial charge in [0.2, 0.25) is 0 Å². The minimum absolute atomic E-state index is 0.771. The number of rotatable bonds is 6. The molecule has 0 unspecified atom stereocenters. The largest absolute Gasteiger partial charge is 0.351 e. The van der Waals surface area contributed by atoms with Gasteiger partial charge in [0, 0.05) is 25.0 Å². The molecule has 17 heavy (non-hydrogen) atoms. The molecule has 2 rings (SSSR count). The van der Waals surface area contributed by atoms with Crippen LogP contribution in [0.1, 0.15) is 63.5 Å². The lowest BCUT2D eigenvalue weighted by Gasteiger charge is -2.23. The van der Waals surface area contributed by atoms with Crippen LogP contribution < -0.4 is 5.32 Å². The monoisotopic (exact) mass is 234 g/mol. The first kappa shape index (κ1) is 12.7. The SMILES string of the molecule is CCCCNCc1ccn(C2CCCCC2)c1. The van der Waals surface area contributed by atoms with Gasteiger partial charge in [-0.05, 0) is 37.4 Å². The Balaban J connectivity index is 1.78. The fraction of sp³-hybridized carbons (Fsp3) is 0.733. The smallest absolute Gasteiger partial charge is 0.0330 e. The molecule has 0 atom stereocenters. The number of hydrogen-bond donors (Lipinski definition) is 1. The second-order valence-electron chi connectivity index (χ2n) is 5.29. The number of nitrogens with zero attached hydrogens (tertiary/aromatic N) is 1. The second-order valence-corrected chi connectivity index (χ2v) is 5.29. The highest BCUT2D eigenvalue weighted by atomic mass is 15.0. The fourth-order valence-corrected chi connectivity index (χ4v) is 2.70. The van der Waals surface area contributed by atoms with Crippen molar-refractivity contribution in [1.82, 2.24) is 9.88 Å². The molecule has 1 aromatic heterocycles. The van der Waals surface area contributed by atoms with E-state index in [9.17, 15) is 0 Å². The molecule has 1 N–H and O–H groups in total. The zero-order chi connectivity index (χ0) is 11.9. The van der Waals surface area contributed by atoms with E-state index in [2.05, 4.69) is 35.3 Å². The van der Waals surface area contributed by atoms with Crippen LogP contribution in [-0.2, 0) is 6.54 Å². The molecule has 96 valence electrons.